The van der Waals surface area contributed by atoms with E-state index in [2.05, 4.69) is 5.32 Å². The van der Waals surface area contributed by atoms with Crippen LogP contribution in [0.15, 0.2) is 36.4 Å². The fraction of sp³-hybridized carbons (Fsp3) is 0.357. The molecular weight excluding hydrogens is 250 g/mol. The highest BCUT2D eigenvalue weighted by Crippen LogP contribution is 2.16. The number of hydrogen-bond acceptors (Lipinski definition) is 3. The van der Waals surface area contributed by atoms with Gasteiger partial charge in [-0.1, -0.05) is 29.8 Å². The summed E-state index contributed by atoms with van der Waals surface area (Å²) in [5.41, 5.74) is 1.12. The average Bonchev–Trinajstić information content (AvgIpc) is 2.35. The molecule has 1 aromatic carbocycles. The first-order valence-corrected chi connectivity index (χ1v) is 6.33. The fourth-order valence-electron chi connectivity index (χ4n) is 1.48. The Morgan fingerprint density at radius 3 is 3.00 bits per heavy atom. The van der Waals surface area contributed by atoms with E-state index in [1.165, 1.54) is 6.08 Å². The van der Waals surface area contributed by atoms with Gasteiger partial charge in [0.25, 0.3) is 0 Å². The van der Waals surface area contributed by atoms with Crippen molar-refractivity contribution in [2.45, 2.75) is 19.9 Å². The molecule has 0 aromatic heterocycles. The Balaban J connectivity index is 2.37. The first-order valence-electron chi connectivity index (χ1n) is 5.95. The highest BCUT2D eigenvalue weighted by molar-refractivity contribution is 6.30. The first kappa shape index (κ1) is 14.7. The number of benzene rings is 1. The lowest BCUT2D eigenvalue weighted by Gasteiger charge is -2.12. The molecular formula is C14H18ClNO2. The number of ether oxygens (including phenoxy) is 1. The minimum absolute atomic E-state index is 0.176. The van der Waals surface area contributed by atoms with Crippen LogP contribution in [-0.4, -0.2) is 19.1 Å². The molecule has 1 N–H and O–H groups in total. The zero-order chi connectivity index (χ0) is 13.4. The van der Waals surface area contributed by atoms with Crippen LogP contribution >= 0.6 is 11.6 Å². The SMILES string of the molecule is CCOC(=O)/C=C/CN[C@@H](C)c1cccc(Cl)c1. The smallest absolute Gasteiger partial charge is 0.330 e. The normalized spacial score (nSPS) is 12.6. The molecule has 0 aliphatic heterocycles. The molecule has 1 aromatic rings. The van der Waals surface area contributed by atoms with E-state index in [9.17, 15) is 4.79 Å². The summed E-state index contributed by atoms with van der Waals surface area (Å²) in [5.74, 6) is -0.310. The standard InChI is InChI=1S/C14H18ClNO2/c1-3-18-14(17)8-5-9-16-11(2)12-6-4-7-13(15)10-12/h4-8,10-11,16H,3,9H2,1-2H3/b8-5+/t11-/m0/s1. The summed E-state index contributed by atoms with van der Waals surface area (Å²) in [4.78, 5) is 11.0. The Labute approximate surface area is 113 Å². The first-order chi connectivity index (χ1) is 8.63. The minimum atomic E-state index is -0.310. The van der Waals surface area contributed by atoms with Crippen LogP contribution in [0.25, 0.3) is 0 Å². The van der Waals surface area contributed by atoms with Crippen molar-refractivity contribution in [3.63, 3.8) is 0 Å². The molecule has 0 radical (unpaired) electrons. The number of carbonyl (C=O) groups excluding carboxylic acids is 1. The van der Waals surface area contributed by atoms with Crippen molar-refractivity contribution < 1.29 is 9.53 Å². The molecule has 3 nitrogen and oxygen atoms in total. The summed E-state index contributed by atoms with van der Waals surface area (Å²) in [7, 11) is 0. The van der Waals surface area contributed by atoms with Crippen LogP contribution in [0.4, 0.5) is 0 Å². The van der Waals surface area contributed by atoms with Gasteiger partial charge in [0.2, 0.25) is 0 Å². The largest absolute Gasteiger partial charge is 0.463 e. The van der Waals surface area contributed by atoms with E-state index in [4.69, 9.17) is 16.3 Å². The van der Waals surface area contributed by atoms with E-state index in [-0.39, 0.29) is 12.0 Å². The van der Waals surface area contributed by atoms with Crippen LogP contribution in [0.2, 0.25) is 5.02 Å². The third-order valence-corrected chi connectivity index (χ3v) is 2.67. The highest BCUT2D eigenvalue weighted by Gasteiger charge is 2.03. The van der Waals surface area contributed by atoms with Crippen molar-refractivity contribution in [1.29, 1.82) is 0 Å². The summed E-state index contributed by atoms with van der Waals surface area (Å²) >= 11 is 5.92. The topological polar surface area (TPSA) is 38.3 Å². The molecule has 1 atom stereocenters. The van der Waals surface area contributed by atoms with Gasteiger partial charge in [0.15, 0.2) is 0 Å². The highest BCUT2D eigenvalue weighted by atomic mass is 35.5. The number of rotatable bonds is 6. The van der Waals surface area contributed by atoms with Gasteiger partial charge in [-0.05, 0) is 31.5 Å². The molecule has 0 saturated carbocycles. The van der Waals surface area contributed by atoms with Crippen LogP contribution in [0, 0.1) is 0 Å². The van der Waals surface area contributed by atoms with Crippen LogP contribution in [-0.2, 0) is 9.53 Å². The van der Waals surface area contributed by atoms with Gasteiger partial charge in [-0.15, -0.1) is 0 Å². The minimum Gasteiger partial charge on any atom is -0.463 e. The Morgan fingerprint density at radius 2 is 2.33 bits per heavy atom. The lowest BCUT2D eigenvalue weighted by Crippen LogP contribution is -2.18. The fourth-order valence-corrected chi connectivity index (χ4v) is 1.68. The Kier molecular flexibility index (Phi) is 6.47. The number of esters is 1. The van der Waals surface area contributed by atoms with Crippen molar-refractivity contribution >= 4 is 17.6 Å². The summed E-state index contributed by atoms with van der Waals surface area (Å²) in [6.07, 6.45) is 3.18. The predicted octanol–water partition coefficient (Wildman–Crippen LogP) is 3.11. The molecule has 1 rings (SSSR count). The molecule has 4 heteroatoms. The van der Waals surface area contributed by atoms with E-state index >= 15 is 0 Å². The maximum absolute atomic E-state index is 11.0. The lowest BCUT2D eigenvalue weighted by molar-refractivity contribution is -0.137. The van der Waals surface area contributed by atoms with Crippen LogP contribution in [0.1, 0.15) is 25.5 Å². The number of halogens is 1. The van der Waals surface area contributed by atoms with Crippen molar-refractivity contribution in [3.05, 3.63) is 47.0 Å². The summed E-state index contributed by atoms with van der Waals surface area (Å²) < 4.78 is 4.78. The van der Waals surface area contributed by atoms with Crippen molar-refractivity contribution in [2.75, 3.05) is 13.2 Å². The van der Waals surface area contributed by atoms with E-state index in [0.29, 0.717) is 13.2 Å². The molecule has 0 aliphatic rings. The molecule has 0 fully saturated rings. The second-order valence-electron chi connectivity index (χ2n) is 3.84. The zero-order valence-electron chi connectivity index (χ0n) is 10.7. The lowest BCUT2D eigenvalue weighted by atomic mass is 10.1. The predicted molar refractivity (Wildman–Crippen MR) is 73.6 cm³/mol. The van der Waals surface area contributed by atoms with E-state index in [1.807, 2.05) is 31.2 Å². The van der Waals surface area contributed by atoms with Crippen LogP contribution in [0.3, 0.4) is 0 Å². The Bertz CT molecular complexity index is 418. The van der Waals surface area contributed by atoms with Crippen molar-refractivity contribution in [2.24, 2.45) is 0 Å². The second kappa shape index (κ2) is 7.90. The molecule has 0 heterocycles. The van der Waals surface area contributed by atoms with Gasteiger partial charge in [-0.25, -0.2) is 4.79 Å². The summed E-state index contributed by atoms with van der Waals surface area (Å²) in [6.45, 7) is 4.83. The second-order valence-corrected chi connectivity index (χ2v) is 4.28. The molecule has 98 valence electrons. The third-order valence-electron chi connectivity index (χ3n) is 2.43. The molecule has 18 heavy (non-hydrogen) atoms. The van der Waals surface area contributed by atoms with E-state index in [0.717, 1.165) is 10.6 Å². The third kappa shape index (κ3) is 5.34. The monoisotopic (exact) mass is 267 g/mol. The van der Waals surface area contributed by atoms with Crippen LogP contribution in [0.5, 0.6) is 0 Å². The Morgan fingerprint density at radius 1 is 1.56 bits per heavy atom. The van der Waals surface area contributed by atoms with Gasteiger partial charge in [0.05, 0.1) is 6.61 Å². The summed E-state index contributed by atoms with van der Waals surface area (Å²) in [6, 6.07) is 7.88. The molecule has 0 aliphatic carbocycles. The van der Waals surface area contributed by atoms with Gasteiger partial charge in [0.1, 0.15) is 0 Å². The van der Waals surface area contributed by atoms with Gasteiger partial charge >= 0.3 is 5.97 Å². The maximum atomic E-state index is 11.0. The molecule has 0 bridgehead atoms. The van der Waals surface area contributed by atoms with E-state index in [1.54, 1.807) is 13.0 Å². The van der Waals surface area contributed by atoms with Gasteiger partial charge in [-0.3, -0.25) is 0 Å². The van der Waals surface area contributed by atoms with Crippen molar-refractivity contribution in [3.8, 4) is 0 Å². The summed E-state index contributed by atoms with van der Waals surface area (Å²) in [5, 5.41) is 4.00. The molecule has 0 amide bonds. The van der Waals surface area contributed by atoms with Crippen LogP contribution < -0.4 is 5.32 Å². The molecule has 0 spiro atoms. The molecule has 0 unspecified atom stereocenters. The maximum Gasteiger partial charge on any atom is 0.330 e. The number of nitrogens with one attached hydrogen (secondary N) is 1. The van der Waals surface area contributed by atoms with Gasteiger partial charge in [0, 0.05) is 23.7 Å². The zero-order valence-corrected chi connectivity index (χ0v) is 11.4. The molecule has 0 saturated heterocycles. The number of hydrogen-bond donors (Lipinski definition) is 1. The van der Waals surface area contributed by atoms with Gasteiger partial charge < -0.3 is 10.1 Å². The van der Waals surface area contributed by atoms with Gasteiger partial charge in [-0.2, -0.15) is 0 Å². The average molecular weight is 268 g/mol. The van der Waals surface area contributed by atoms with Crippen molar-refractivity contribution in [1.82, 2.24) is 5.32 Å². The quantitative estimate of drug-likeness (QED) is 0.636. The Hall–Kier alpha value is -1.32. The van der Waals surface area contributed by atoms with E-state index < -0.39 is 0 Å². The number of carbonyl (C=O) groups is 1.